The maximum absolute atomic E-state index is 12.3. The van der Waals surface area contributed by atoms with E-state index in [2.05, 4.69) is 39.6 Å². The van der Waals surface area contributed by atoms with Crippen LogP contribution in [0.5, 0.6) is 0 Å². The van der Waals surface area contributed by atoms with Crippen molar-refractivity contribution in [1.29, 1.82) is 5.53 Å². The highest BCUT2D eigenvalue weighted by molar-refractivity contribution is 6.36. The first-order valence-electron chi connectivity index (χ1n) is 12.1. The van der Waals surface area contributed by atoms with Crippen LogP contribution in [0.15, 0.2) is 41.5 Å². The van der Waals surface area contributed by atoms with Gasteiger partial charge in [0.05, 0.1) is 10.7 Å². The Morgan fingerprint density at radius 3 is 2.33 bits per heavy atom. The molecule has 6 nitrogen and oxygen atoms in total. The van der Waals surface area contributed by atoms with E-state index in [1.165, 1.54) is 31.2 Å². The number of piperazine rings is 1. The predicted molar refractivity (Wildman–Crippen MR) is 132 cm³/mol. The highest BCUT2D eigenvalue weighted by atomic mass is 35.5. The first-order valence-corrected chi connectivity index (χ1v) is 12.5. The third-order valence-electron chi connectivity index (χ3n) is 7.06. The summed E-state index contributed by atoms with van der Waals surface area (Å²) in [7, 11) is 0. The molecule has 0 unspecified atom stereocenters. The van der Waals surface area contributed by atoms with Gasteiger partial charge in [-0.05, 0) is 54.7 Å². The lowest BCUT2D eigenvalue weighted by Crippen LogP contribution is -2.48. The van der Waals surface area contributed by atoms with Gasteiger partial charge < -0.3 is 10.2 Å². The molecule has 3 aliphatic rings. The molecule has 1 heterocycles. The summed E-state index contributed by atoms with van der Waals surface area (Å²) >= 11 is 6.66. The second kappa shape index (κ2) is 9.82. The maximum Gasteiger partial charge on any atom is 0.222 e. The van der Waals surface area contributed by atoms with Crippen molar-refractivity contribution in [3.8, 4) is 11.1 Å². The molecule has 2 saturated carbocycles. The molecule has 5 rings (SSSR count). The van der Waals surface area contributed by atoms with Crippen molar-refractivity contribution < 1.29 is 4.79 Å². The van der Waals surface area contributed by atoms with Gasteiger partial charge in [-0.2, -0.15) is 5.11 Å². The van der Waals surface area contributed by atoms with Gasteiger partial charge in [-0.25, -0.2) is 5.53 Å². The SMILES string of the molecule is N=Nc1c(NCC2CC2)ccc(-c2ccc(CN3CCN(C(=O)CC4CC4)CC3)cc2)c1Cl. The van der Waals surface area contributed by atoms with Crippen LogP contribution in [-0.2, 0) is 11.3 Å². The van der Waals surface area contributed by atoms with Crippen molar-refractivity contribution >= 4 is 28.9 Å². The smallest absolute Gasteiger partial charge is 0.222 e. The Morgan fingerprint density at radius 2 is 1.70 bits per heavy atom. The molecule has 1 aliphatic heterocycles. The fraction of sp³-hybridized carbons (Fsp3) is 0.500. The highest BCUT2D eigenvalue weighted by Gasteiger charge is 2.28. The van der Waals surface area contributed by atoms with Gasteiger partial charge in [-0.3, -0.25) is 9.69 Å². The number of benzene rings is 2. The second-order valence-corrected chi connectivity index (χ2v) is 10.1. The van der Waals surface area contributed by atoms with E-state index in [1.54, 1.807) is 0 Å². The Kier molecular flexibility index (Phi) is 6.65. The molecular formula is C26H32ClN5O. The molecule has 0 aromatic heterocycles. The average molecular weight is 466 g/mol. The van der Waals surface area contributed by atoms with E-state index in [4.69, 9.17) is 17.1 Å². The Hall–Kier alpha value is -2.44. The first kappa shape index (κ1) is 22.4. The maximum atomic E-state index is 12.3. The van der Waals surface area contributed by atoms with Crippen LogP contribution < -0.4 is 5.32 Å². The molecule has 33 heavy (non-hydrogen) atoms. The van der Waals surface area contributed by atoms with E-state index in [0.717, 1.165) is 68.4 Å². The summed E-state index contributed by atoms with van der Waals surface area (Å²) in [6.07, 6.45) is 5.75. The third-order valence-corrected chi connectivity index (χ3v) is 7.45. The zero-order chi connectivity index (χ0) is 22.8. The minimum Gasteiger partial charge on any atom is -0.383 e. The van der Waals surface area contributed by atoms with Crippen LogP contribution in [0.3, 0.4) is 0 Å². The Bertz CT molecular complexity index is 1010. The fourth-order valence-electron chi connectivity index (χ4n) is 4.52. The van der Waals surface area contributed by atoms with Gasteiger partial charge >= 0.3 is 0 Å². The molecule has 2 aromatic carbocycles. The Morgan fingerprint density at radius 1 is 1.00 bits per heavy atom. The molecule has 0 atom stereocenters. The van der Waals surface area contributed by atoms with Gasteiger partial charge in [0.15, 0.2) is 0 Å². The normalized spacial score (nSPS) is 18.9. The van der Waals surface area contributed by atoms with Gasteiger partial charge in [0, 0.05) is 51.3 Å². The standard InChI is InChI=1S/C26H32ClN5O/c27-25-22(9-10-23(26(25)30-28)29-16-19-3-4-19)21-7-5-20(6-8-21)17-31-11-13-32(14-12-31)24(33)15-18-1-2-18/h5-10,18-19,28-29H,1-4,11-17H2. The number of hydrogen-bond acceptors (Lipinski definition) is 5. The van der Waals surface area contributed by atoms with E-state index in [-0.39, 0.29) is 0 Å². The molecular weight excluding hydrogens is 434 g/mol. The van der Waals surface area contributed by atoms with Crippen LogP contribution in [0.25, 0.3) is 11.1 Å². The van der Waals surface area contributed by atoms with Crippen molar-refractivity contribution in [3.63, 3.8) is 0 Å². The quantitative estimate of drug-likeness (QED) is 0.450. The number of hydrogen-bond donors (Lipinski definition) is 2. The van der Waals surface area contributed by atoms with Crippen LogP contribution in [0.4, 0.5) is 11.4 Å². The van der Waals surface area contributed by atoms with Crippen LogP contribution in [0.1, 0.15) is 37.7 Å². The largest absolute Gasteiger partial charge is 0.383 e. The summed E-state index contributed by atoms with van der Waals surface area (Å²) < 4.78 is 0. The number of carbonyl (C=O) groups excluding carboxylic acids is 1. The fourth-order valence-corrected chi connectivity index (χ4v) is 4.83. The van der Waals surface area contributed by atoms with E-state index >= 15 is 0 Å². The van der Waals surface area contributed by atoms with Crippen LogP contribution in [0, 0.1) is 17.4 Å². The van der Waals surface area contributed by atoms with Gasteiger partial charge in [0.25, 0.3) is 0 Å². The number of nitrogens with one attached hydrogen (secondary N) is 2. The molecule has 0 bridgehead atoms. The lowest BCUT2D eigenvalue weighted by molar-refractivity contribution is -0.133. The van der Waals surface area contributed by atoms with Crippen LogP contribution in [0.2, 0.25) is 5.02 Å². The van der Waals surface area contributed by atoms with Crippen molar-refractivity contribution in [3.05, 3.63) is 47.0 Å². The third kappa shape index (κ3) is 5.56. The van der Waals surface area contributed by atoms with E-state index in [1.807, 2.05) is 17.0 Å². The van der Waals surface area contributed by atoms with Crippen molar-refractivity contribution in [2.24, 2.45) is 17.0 Å². The topological polar surface area (TPSA) is 71.8 Å². The number of rotatable bonds is 9. The van der Waals surface area contributed by atoms with E-state index in [9.17, 15) is 4.79 Å². The zero-order valence-corrected chi connectivity index (χ0v) is 19.8. The zero-order valence-electron chi connectivity index (χ0n) is 19.0. The molecule has 2 N–H and O–H groups in total. The van der Waals surface area contributed by atoms with Gasteiger partial charge in [-0.1, -0.05) is 41.9 Å². The molecule has 1 saturated heterocycles. The molecule has 1 amide bonds. The minimum atomic E-state index is 0.339. The molecule has 2 aliphatic carbocycles. The van der Waals surface area contributed by atoms with Crippen molar-refractivity contribution in [2.75, 3.05) is 38.0 Å². The Labute approximate surface area is 200 Å². The van der Waals surface area contributed by atoms with E-state index in [0.29, 0.717) is 22.5 Å². The number of amides is 1. The van der Waals surface area contributed by atoms with Crippen LogP contribution >= 0.6 is 11.6 Å². The average Bonchev–Trinajstić information content (AvgIpc) is 3.75. The summed E-state index contributed by atoms with van der Waals surface area (Å²) in [5.74, 6) is 1.73. The number of carbonyl (C=O) groups is 1. The summed E-state index contributed by atoms with van der Waals surface area (Å²) in [5, 5.41) is 7.62. The first-order chi connectivity index (χ1) is 16.1. The lowest BCUT2D eigenvalue weighted by atomic mass is 10.0. The molecule has 0 radical (unpaired) electrons. The van der Waals surface area contributed by atoms with E-state index < -0.39 is 0 Å². The monoisotopic (exact) mass is 465 g/mol. The minimum absolute atomic E-state index is 0.339. The molecule has 2 aromatic rings. The number of nitrogens with zero attached hydrogens (tertiary/aromatic N) is 3. The summed E-state index contributed by atoms with van der Waals surface area (Å²) in [5.41, 5.74) is 12.1. The molecule has 7 heteroatoms. The molecule has 0 spiro atoms. The molecule has 174 valence electrons. The summed E-state index contributed by atoms with van der Waals surface area (Å²) in [4.78, 5) is 16.8. The predicted octanol–water partition coefficient (Wildman–Crippen LogP) is 5.94. The summed E-state index contributed by atoms with van der Waals surface area (Å²) in [6.45, 7) is 5.31. The van der Waals surface area contributed by atoms with Gasteiger partial charge in [0.2, 0.25) is 5.91 Å². The Balaban J connectivity index is 1.19. The number of halogens is 1. The molecule has 3 fully saturated rings. The second-order valence-electron chi connectivity index (χ2n) is 9.76. The van der Waals surface area contributed by atoms with Crippen LogP contribution in [-0.4, -0.2) is 48.4 Å². The highest BCUT2D eigenvalue weighted by Crippen LogP contribution is 2.41. The van der Waals surface area contributed by atoms with Gasteiger partial charge in [0.1, 0.15) is 5.69 Å². The van der Waals surface area contributed by atoms with Crippen molar-refractivity contribution in [1.82, 2.24) is 9.80 Å². The van der Waals surface area contributed by atoms with Gasteiger partial charge in [-0.15, -0.1) is 0 Å². The lowest BCUT2D eigenvalue weighted by Gasteiger charge is -2.35. The van der Waals surface area contributed by atoms with Crippen molar-refractivity contribution in [2.45, 2.75) is 38.6 Å². The summed E-state index contributed by atoms with van der Waals surface area (Å²) in [6, 6.07) is 12.5. The number of anilines is 1.